The lowest BCUT2D eigenvalue weighted by molar-refractivity contribution is -0.0120. The van der Waals surface area contributed by atoms with E-state index in [4.69, 9.17) is 0 Å². The van der Waals surface area contributed by atoms with Crippen LogP contribution in [-0.4, -0.2) is 159 Å². The van der Waals surface area contributed by atoms with Gasteiger partial charge >= 0.3 is 36.2 Å². The molecule has 0 bridgehead atoms. The molecule has 0 N–H and O–H groups in total. The predicted molar refractivity (Wildman–Crippen MR) is 164 cm³/mol. The molecule has 0 aliphatic carbocycles. The quantitative estimate of drug-likeness (QED) is 0.401. The third kappa shape index (κ3) is 2.91. The van der Waals surface area contributed by atoms with Gasteiger partial charge in [-0.15, -0.1) is 0 Å². The minimum atomic E-state index is -0.865. The summed E-state index contributed by atoms with van der Waals surface area (Å²) in [4.78, 5) is 105. The Morgan fingerprint density at radius 3 is 0.700 bits per heavy atom. The molecule has 0 saturated carbocycles. The van der Waals surface area contributed by atoms with Crippen LogP contribution in [0.1, 0.15) is 22.3 Å². The summed E-state index contributed by atoms with van der Waals surface area (Å²) < 4.78 is 0. The molecular formula is C32H30N12O6. The molecule has 0 unspecified atom stereocenters. The van der Waals surface area contributed by atoms with Crippen molar-refractivity contribution in [3.8, 4) is 0 Å². The molecule has 12 amide bonds. The number of amides is 12. The van der Waals surface area contributed by atoms with Crippen LogP contribution in [0, 0.1) is 0 Å². The van der Waals surface area contributed by atoms with Gasteiger partial charge in [-0.2, -0.15) is 0 Å². The number of carbonyl (C=O) groups excluding carboxylic acids is 6. The zero-order valence-corrected chi connectivity index (χ0v) is 26.6. The Balaban J connectivity index is 0.946. The van der Waals surface area contributed by atoms with Crippen LogP contribution in [0.5, 0.6) is 0 Å². The average molecular weight is 679 g/mol. The smallest absolute Gasteiger partial charge is 0.296 e. The lowest BCUT2D eigenvalue weighted by atomic mass is 10.1. The van der Waals surface area contributed by atoms with Gasteiger partial charge in [0.05, 0.1) is 0 Å². The Hall–Kier alpha value is -5.94. The highest BCUT2D eigenvalue weighted by atomic mass is 16.2. The average Bonchev–Trinajstić information content (AvgIpc) is 3.74. The highest BCUT2D eigenvalue weighted by molar-refractivity contribution is 5.91. The molecule has 0 radical (unpaired) electrons. The van der Waals surface area contributed by atoms with Crippen molar-refractivity contribution in [2.24, 2.45) is 0 Å². The maximum Gasteiger partial charge on any atom is 0.326 e. The lowest BCUT2D eigenvalue weighted by Crippen LogP contribution is -2.62. The van der Waals surface area contributed by atoms with Crippen LogP contribution in [0.3, 0.4) is 0 Å². The van der Waals surface area contributed by atoms with Crippen LogP contribution in [0.4, 0.5) is 28.8 Å². The minimum absolute atomic E-state index is 0.150. The summed E-state index contributed by atoms with van der Waals surface area (Å²) in [6, 6.07) is 13.5. The molecule has 0 atom stereocenters. The molecule has 10 aliphatic rings. The predicted octanol–water partition coefficient (Wildman–Crippen LogP) is 0.653. The van der Waals surface area contributed by atoms with Crippen molar-refractivity contribution in [2.75, 3.05) is 26.7 Å². The maximum atomic E-state index is 14.5. The van der Waals surface area contributed by atoms with Crippen molar-refractivity contribution in [1.29, 1.82) is 0 Å². The van der Waals surface area contributed by atoms with E-state index in [2.05, 4.69) is 0 Å². The Labute approximate surface area is 284 Å². The molecule has 2 aromatic carbocycles. The molecule has 10 aliphatic heterocycles. The highest BCUT2D eigenvalue weighted by Gasteiger charge is 2.70. The number of rotatable bonds is 0. The Morgan fingerprint density at radius 2 is 0.480 bits per heavy atom. The zero-order valence-electron chi connectivity index (χ0n) is 26.6. The molecule has 12 rings (SSSR count). The highest BCUT2D eigenvalue weighted by Crippen LogP contribution is 2.47. The van der Waals surface area contributed by atoms with Crippen LogP contribution >= 0.6 is 0 Å². The van der Waals surface area contributed by atoms with Gasteiger partial charge in [-0.25, -0.2) is 28.8 Å². The van der Waals surface area contributed by atoms with Crippen molar-refractivity contribution in [3.63, 3.8) is 0 Å². The second-order valence-electron chi connectivity index (χ2n) is 14.6. The zero-order chi connectivity index (χ0) is 33.5. The van der Waals surface area contributed by atoms with Crippen LogP contribution in [0.15, 0.2) is 48.5 Å². The van der Waals surface area contributed by atoms with Gasteiger partial charge in [-0.1, -0.05) is 48.5 Å². The van der Waals surface area contributed by atoms with Crippen molar-refractivity contribution < 1.29 is 28.8 Å². The Bertz CT molecular complexity index is 1760. The molecule has 10 heterocycles. The second-order valence-corrected chi connectivity index (χ2v) is 14.6. The number of nitrogens with zero attached hydrogens (tertiary/aromatic N) is 12. The van der Waals surface area contributed by atoms with Crippen LogP contribution in [0.2, 0.25) is 0 Å². The summed E-state index contributed by atoms with van der Waals surface area (Å²) in [6.45, 7) is 0.657. The molecule has 50 heavy (non-hydrogen) atoms. The van der Waals surface area contributed by atoms with E-state index >= 15 is 0 Å². The number of hydrogen-bond acceptors (Lipinski definition) is 6. The largest absolute Gasteiger partial charge is 0.326 e. The molecule has 2 aromatic rings. The Kier molecular flexibility index (Phi) is 4.64. The van der Waals surface area contributed by atoms with E-state index in [-0.39, 0.29) is 50.8 Å². The Morgan fingerprint density at radius 1 is 0.300 bits per heavy atom. The summed E-state index contributed by atoms with van der Waals surface area (Å²) in [7, 11) is 0. The number of benzene rings is 2. The summed E-state index contributed by atoms with van der Waals surface area (Å²) in [5, 5.41) is 0. The van der Waals surface area contributed by atoms with Gasteiger partial charge in [0.2, 0.25) is 0 Å². The minimum Gasteiger partial charge on any atom is -0.296 e. The summed E-state index contributed by atoms with van der Waals surface area (Å²) in [5.74, 6) is 0. The van der Waals surface area contributed by atoms with E-state index in [9.17, 15) is 28.8 Å². The van der Waals surface area contributed by atoms with E-state index < -0.39 is 49.1 Å². The van der Waals surface area contributed by atoms with Gasteiger partial charge in [0.15, 0.2) is 37.0 Å². The van der Waals surface area contributed by atoms with E-state index in [0.717, 1.165) is 22.3 Å². The number of urea groups is 6. The third-order valence-electron chi connectivity index (χ3n) is 12.4. The first kappa shape index (κ1) is 26.9. The first-order valence-corrected chi connectivity index (χ1v) is 16.9. The van der Waals surface area contributed by atoms with Gasteiger partial charge in [-0.05, 0) is 22.3 Å². The monoisotopic (exact) mass is 678 g/mol. The molecule has 254 valence electrons. The van der Waals surface area contributed by atoms with Gasteiger partial charge in [0.25, 0.3) is 0 Å². The molecule has 0 aromatic heterocycles. The maximum absolute atomic E-state index is 14.5. The van der Waals surface area contributed by atoms with Crippen LogP contribution in [0.25, 0.3) is 0 Å². The van der Waals surface area contributed by atoms with E-state index in [1.807, 2.05) is 48.5 Å². The SMILES string of the molecule is O=C1N2Cc3ccccc3CN3C(=O)N4CN5C(=O)N6CN7C(=O)N8Cc9ccccc9CN9C(=O)N(CN%10C(=O)N(CN1C4C23)C5C%106)C7C98. The van der Waals surface area contributed by atoms with E-state index in [1.54, 1.807) is 39.2 Å². The summed E-state index contributed by atoms with van der Waals surface area (Å²) in [5.41, 5.74) is 3.83. The normalized spacial score (nSPS) is 32.7. The van der Waals surface area contributed by atoms with Crippen molar-refractivity contribution in [3.05, 3.63) is 70.8 Å². The summed E-state index contributed by atoms with van der Waals surface area (Å²) in [6.07, 6.45) is -4.39. The van der Waals surface area contributed by atoms with Crippen LogP contribution in [-0.2, 0) is 26.2 Å². The third-order valence-corrected chi connectivity index (χ3v) is 12.4. The lowest BCUT2D eigenvalue weighted by Gasteiger charge is -2.41. The standard InChI is InChI=1S/C32H30N12O6/c45-27-33-9-17-5-1-2-6-18(17)10-34-21(33)23-37(27)13-41-25-26-43(31(41)49)15-39-24-22-35(29(39)47)11-19-7-3-4-8-20(19)12-36(22)30(48)40(24)16-44(26)32(50)42(25)14-38(23)28(34)46/h1-8,21-26H,9-16H2. The van der Waals surface area contributed by atoms with Crippen molar-refractivity contribution in [1.82, 2.24) is 58.8 Å². The van der Waals surface area contributed by atoms with Gasteiger partial charge in [-0.3, -0.25) is 58.8 Å². The fourth-order valence-electron chi connectivity index (χ4n) is 10.2. The second kappa shape index (κ2) is 8.61. The van der Waals surface area contributed by atoms with Crippen molar-refractivity contribution >= 4 is 36.2 Å². The number of fused-ring (bicyclic) bond motifs is 2. The topological polar surface area (TPSA) is 141 Å². The molecule has 18 nitrogen and oxygen atoms in total. The number of hydrogen-bond donors (Lipinski definition) is 0. The molecule has 8 saturated heterocycles. The molecule has 0 spiro atoms. The van der Waals surface area contributed by atoms with E-state index in [1.165, 1.54) is 19.6 Å². The fourth-order valence-corrected chi connectivity index (χ4v) is 10.2. The molecule has 18 heteroatoms. The van der Waals surface area contributed by atoms with Crippen LogP contribution < -0.4 is 0 Å². The fraction of sp³-hybridized carbons (Fsp3) is 0.438. The number of carbonyl (C=O) groups is 6. The molecular weight excluding hydrogens is 648 g/mol. The first-order valence-electron chi connectivity index (χ1n) is 16.9. The van der Waals surface area contributed by atoms with E-state index in [0.29, 0.717) is 26.2 Å². The van der Waals surface area contributed by atoms with Gasteiger partial charge in [0, 0.05) is 26.2 Å². The first-order chi connectivity index (χ1) is 24.3. The van der Waals surface area contributed by atoms with Gasteiger partial charge in [0.1, 0.15) is 26.7 Å². The van der Waals surface area contributed by atoms with Crippen molar-refractivity contribution in [2.45, 2.75) is 63.2 Å². The molecule has 8 fully saturated rings. The summed E-state index contributed by atoms with van der Waals surface area (Å²) >= 11 is 0. The van der Waals surface area contributed by atoms with Gasteiger partial charge < -0.3 is 0 Å².